The van der Waals surface area contributed by atoms with E-state index in [1.165, 1.54) is 5.69 Å². The van der Waals surface area contributed by atoms with E-state index in [4.69, 9.17) is 4.52 Å². The SMILES string of the molecule is Cc1cc(-c2n[nH]c3ccc(-c4ccc(N5CCN(Cc6ccc7c(c6)CN(C6CCC(=O)NC6=O)C7=O)CC5)cc4)cc23)ccc1CNC(=O)c1nc(C(C)(C)C)no1. The molecule has 3 aliphatic heterocycles. The zero-order valence-electron chi connectivity index (χ0n) is 34.2. The van der Waals surface area contributed by atoms with Gasteiger partial charge in [-0.3, -0.25) is 34.5 Å². The molecule has 6 aromatic rings. The van der Waals surface area contributed by atoms with Crippen molar-refractivity contribution < 1.29 is 23.7 Å². The average molecular weight is 806 g/mol. The minimum atomic E-state index is -0.607. The molecule has 60 heavy (non-hydrogen) atoms. The number of piperazine rings is 1. The van der Waals surface area contributed by atoms with Crippen molar-refractivity contribution in [3.05, 3.63) is 118 Å². The molecule has 1 unspecified atom stereocenters. The number of fused-ring (bicyclic) bond motifs is 2. The van der Waals surface area contributed by atoms with Crippen LogP contribution in [-0.2, 0) is 34.6 Å². The van der Waals surface area contributed by atoms with Gasteiger partial charge in [0, 0.05) is 79.8 Å². The van der Waals surface area contributed by atoms with Gasteiger partial charge in [0.1, 0.15) is 6.04 Å². The predicted octanol–water partition coefficient (Wildman–Crippen LogP) is 5.90. The minimum absolute atomic E-state index is 0.0462. The van der Waals surface area contributed by atoms with Gasteiger partial charge in [-0.05, 0) is 83.1 Å². The van der Waals surface area contributed by atoms with Gasteiger partial charge in [-0.2, -0.15) is 10.1 Å². The van der Waals surface area contributed by atoms with E-state index in [1.54, 1.807) is 4.90 Å². The Balaban J connectivity index is 0.807. The molecule has 3 aliphatic rings. The summed E-state index contributed by atoms with van der Waals surface area (Å²) in [5.74, 6) is -0.784. The van der Waals surface area contributed by atoms with Crippen LogP contribution >= 0.6 is 0 Å². The number of hydrogen-bond acceptors (Lipinski definition) is 10. The fourth-order valence-electron chi connectivity index (χ4n) is 8.34. The molecule has 0 saturated carbocycles. The molecule has 14 nitrogen and oxygen atoms in total. The molecule has 0 aliphatic carbocycles. The maximum absolute atomic E-state index is 13.1. The molecule has 0 bridgehead atoms. The van der Waals surface area contributed by atoms with Gasteiger partial charge in [-0.15, -0.1) is 0 Å². The van der Waals surface area contributed by atoms with E-state index >= 15 is 0 Å². The number of carbonyl (C=O) groups is 4. The number of rotatable bonds is 9. The normalized spacial score (nSPS) is 17.3. The molecule has 9 rings (SSSR count). The Labute approximate surface area is 347 Å². The van der Waals surface area contributed by atoms with Crippen molar-refractivity contribution in [2.24, 2.45) is 0 Å². The maximum Gasteiger partial charge on any atom is 0.315 e. The van der Waals surface area contributed by atoms with E-state index in [9.17, 15) is 19.2 Å². The van der Waals surface area contributed by atoms with Gasteiger partial charge in [-0.1, -0.05) is 68.4 Å². The summed E-state index contributed by atoms with van der Waals surface area (Å²) in [5, 5.41) is 18.1. The quantitative estimate of drug-likeness (QED) is 0.150. The molecule has 3 N–H and O–H groups in total. The average Bonchev–Trinajstić information content (AvgIpc) is 3.99. The largest absolute Gasteiger partial charge is 0.369 e. The molecular weight excluding hydrogens is 759 g/mol. The van der Waals surface area contributed by atoms with Crippen LogP contribution in [0.4, 0.5) is 5.69 Å². The number of aryl methyl sites for hydroxylation is 1. The van der Waals surface area contributed by atoms with E-state index in [1.807, 2.05) is 52.0 Å². The Hall–Kier alpha value is -6.67. The molecule has 0 spiro atoms. The first kappa shape index (κ1) is 38.8. The summed E-state index contributed by atoms with van der Waals surface area (Å²) in [5.41, 5.74) is 10.6. The van der Waals surface area contributed by atoms with Crippen molar-refractivity contribution in [1.82, 2.24) is 40.8 Å². The summed E-state index contributed by atoms with van der Waals surface area (Å²) in [6, 6.07) is 26.6. The monoisotopic (exact) mass is 805 g/mol. The highest BCUT2D eigenvalue weighted by Gasteiger charge is 2.39. The van der Waals surface area contributed by atoms with E-state index in [0.717, 1.165) is 88.3 Å². The number of aromatic amines is 1. The van der Waals surface area contributed by atoms with Crippen LogP contribution in [0.15, 0.2) is 83.4 Å². The molecule has 2 fully saturated rings. The van der Waals surface area contributed by atoms with Crippen molar-refractivity contribution in [1.29, 1.82) is 0 Å². The number of benzene rings is 4. The molecule has 4 amide bonds. The summed E-state index contributed by atoms with van der Waals surface area (Å²) in [6.45, 7) is 13.0. The number of piperidine rings is 1. The second-order valence-electron chi connectivity index (χ2n) is 17.0. The first-order chi connectivity index (χ1) is 28.9. The third-order valence-electron chi connectivity index (χ3n) is 11.8. The summed E-state index contributed by atoms with van der Waals surface area (Å²) < 4.78 is 5.20. The number of hydrogen-bond donors (Lipinski definition) is 3. The van der Waals surface area contributed by atoms with Crippen molar-refractivity contribution in [2.75, 3.05) is 31.1 Å². The fourth-order valence-corrected chi connectivity index (χ4v) is 8.34. The van der Waals surface area contributed by atoms with Crippen molar-refractivity contribution in [3.8, 4) is 22.4 Å². The number of H-pyrrole nitrogens is 1. The maximum atomic E-state index is 13.1. The number of carbonyl (C=O) groups excluding carboxylic acids is 4. The van der Waals surface area contributed by atoms with Gasteiger partial charge in [0.15, 0.2) is 5.82 Å². The topological polar surface area (TPSA) is 170 Å². The van der Waals surface area contributed by atoms with Crippen LogP contribution in [0.1, 0.15) is 82.7 Å². The smallest absolute Gasteiger partial charge is 0.315 e. The van der Waals surface area contributed by atoms with E-state index in [2.05, 4.69) is 95.4 Å². The Bertz CT molecular complexity index is 2650. The van der Waals surface area contributed by atoms with Gasteiger partial charge in [-0.25, -0.2) is 0 Å². The third-order valence-corrected chi connectivity index (χ3v) is 11.8. The number of nitrogens with zero attached hydrogens (tertiary/aromatic N) is 6. The Morgan fingerprint density at radius 2 is 1.67 bits per heavy atom. The second kappa shape index (κ2) is 15.5. The van der Waals surface area contributed by atoms with Crippen LogP contribution in [0.2, 0.25) is 0 Å². The summed E-state index contributed by atoms with van der Waals surface area (Å²) in [7, 11) is 0. The lowest BCUT2D eigenvalue weighted by atomic mass is 9.96. The molecule has 2 aromatic heterocycles. The predicted molar refractivity (Wildman–Crippen MR) is 226 cm³/mol. The highest BCUT2D eigenvalue weighted by Crippen LogP contribution is 2.33. The zero-order valence-corrected chi connectivity index (χ0v) is 34.2. The van der Waals surface area contributed by atoms with Crippen LogP contribution in [0.3, 0.4) is 0 Å². The molecule has 1 atom stereocenters. The molecule has 14 heteroatoms. The number of anilines is 1. The highest BCUT2D eigenvalue weighted by molar-refractivity contribution is 6.05. The van der Waals surface area contributed by atoms with E-state index in [-0.39, 0.29) is 35.4 Å². The molecule has 5 heterocycles. The third kappa shape index (κ3) is 7.65. The lowest BCUT2D eigenvalue weighted by Gasteiger charge is -2.36. The Morgan fingerprint density at radius 3 is 2.40 bits per heavy atom. The molecule has 2 saturated heterocycles. The number of amides is 4. The van der Waals surface area contributed by atoms with Crippen LogP contribution in [0.5, 0.6) is 0 Å². The van der Waals surface area contributed by atoms with Crippen LogP contribution < -0.4 is 15.5 Å². The van der Waals surface area contributed by atoms with Crippen molar-refractivity contribution in [2.45, 2.75) is 71.6 Å². The van der Waals surface area contributed by atoms with Gasteiger partial charge < -0.3 is 19.6 Å². The fraction of sp³-hybridized carbons (Fsp3) is 0.326. The van der Waals surface area contributed by atoms with Crippen molar-refractivity contribution >= 4 is 40.2 Å². The first-order valence-corrected chi connectivity index (χ1v) is 20.4. The van der Waals surface area contributed by atoms with Crippen LogP contribution in [0.25, 0.3) is 33.3 Å². The van der Waals surface area contributed by atoms with Gasteiger partial charge in [0.25, 0.3) is 5.91 Å². The van der Waals surface area contributed by atoms with E-state index in [0.29, 0.717) is 30.9 Å². The second-order valence-corrected chi connectivity index (χ2v) is 17.0. The van der Waals surface area contributed by atoms with Gasteiger partial charge in [0.05, 0.1) is 11.2 Å². The van der Waals surface area contributed by atoms with Gasteiger partial charge in [0.2, 0.25) is 11.8 Å². The molecular formula is C46H47N9O5. The Morgan fingerprint density at radius 1 is 0.900 bits per heavy atom. The summed E-state index contributed by atoms with van der Waals surface area (Å²) in [6.07, 6.45) is 0.605. The molecule has 4 aromatic carbocycles. The zero-order chi connectivity index (χ0) is 41.7. The summed E-state index contributed by atoms with van der Waals surface area (Å²) in [4.78, 5) is 60.7. The number of nitrogens with one attached hydrogen (secondary N) is 3. The minimum Gasteiger partial charge on any atom is -0.369 e. The van der Waals surface area contributed by atoms with Crippen LogP contribution in [0, 0.1) is 6.92 Å². The molecule has 306 valence electrons. The van der Waals surface area contributed by atoms with Gasteiger partial charge >= 0.3 is 11.8 Å². The Kier molecular flexibility index (Phi) is 10.0. The lowest BCUT2D eigenvalue weighted by Crippen LogP contribution is -2.52. The summed E-state index contributed by atoms with van der Waals surface area (Å²) >= 11 is 0. The van der Waals surface area contributed by atoms with Crippen LogP contribution in [-0.4, -0.2) is 86.0 Å². The highest BCUT2D eigenvalue weighted by atomic mass is 16.5. The van der Waals surface area contributed by atoms with E-state index < -0.39 is 11.9 Å². The lowest BCUT2D eigenvalue weighted by molar-refractivity contribution is -0.136. The number of imide groups is 1. The molecule has 0 radical (unpaired) electrons. The first-order valence-electron chi connectivity index (χ1n) is 20.4. The number of aromatic nitrogens is 4. The van der Waals surface area contributed by atoms with Crippen molar-refractivity contribution in [3.63, 3.8) is 0 Å². The standard InChI is InChI=1S/C46H47N9O5/c1-27-21-31(6-7-32(27)24-47-42(58)43-49-45(52-60-43)46(2,3)4)40-36-23-30(10-14-37(36)50-51-40)29-8-11-34(12-9-29)54-19-17-53(18-20-54)25-28-5-13-35-33(22-28)26-55(44(35)59)38-15-16-39(56)48-41(38)57/h5-14,21-23,38H,15-20,24-26H2,1-4H3,(H,47,58)(H,50,51)(H,48,56,57).